The molecule has 0 aromatic heterocycles. The Bertz CT molecular complexity index is 1260. The van der Waals surface area contributed by atoms with Crippen molar-refractivity contribution in [2.24, 2.45) is 11.7 Å². The molecule has 2 aromatic carbocycles. The molecule has 2 aliphatic rings. The fraction of sp³-hybridized carbons (Fsp3) is 0.400. The second-order valence-corrected chi connectivity index (χ2v) is 10.3. The van der Waals surface area contributed by atoms with Gasteiger partial charge >= 0.3 is 0 Å². The Hall–Kier alpha value is -4.18. The van der Waals surface area contributed by atoms with Crippen LogP contribution in [0.2, 0.25) is 0 Å². The summed E-state index contributed by atoms with van der Waals surface area (Å²) in [5, 5.41) is 16.7. The highest BCUT2D eigenvalue weighted by molar-refractivity contribution is 5.95. The summed E-state index contributed by atoms with van der Waals surface area (Å²) in [5.74, 6) is -0.0223. The quantitative estimate of drug-likeness (QED) is 0.289. The minimum absolute atomic E-state index is 0.0473. The first-order valence-corrected chi connectivity index (χ1v) is 13.6. The van der Waals surface area contributed by atoms with Crippen LogP contribution in [0.1, 0.15) is 36.5 Å². The lowest BCUT2D eigenvalue weighted by molar-refractivity contribution is -0.141. The van der Waals surface area contributed by atoms with E-state index < -0.39 is 24.0 Å². The fourth-order valence-electron chi connectivity index (χ4n) is 4.60. The smallest absolute Gasteiger partial charge is 0.243 e. The third-order valence-electron chi connectivity index (χ3n) is 7.30. The van der Waals surface area contributed by atoms with Crippen molar-refractivity contribution < 1.29 is 19.1 Å². The summed E-state index contributed by atoms with van der Waals surface area (Å²) in [6.07, 6.45) is 5.87. The molecule has 10 nitrogen and oxygen atoms in total. The van der Waals surface area contributed by atoms with E-state index in [-0.39, 0.29) is 36.5 Å². The number of rotatable bonds is 4. The molecule has 3 amide bonds. The molecule has 0 radical (unpaired) electrons. The summed E-state index contributed by atoms with van der Waals surface area (Å²) in [4.78, 5) is 41.4. The number of hydrogen-bond donors (Lipinski definition) is 5. The van der Waals surface area contributed by atoms with E-state index in [9.17, 15) is 14.4 Å². The number of ether oxygens (including phenoxy) is 1. The summed E-state index contributed by atoms with van der Waals surface area (Å²) < 4.78 is 5.89. The second kappa shape index (κ2) is 13.3. The van der Waals surface area contributed by atoms with Gasteiger partial charge in [0.2, 0.25) is 17.7 Å². The number of nitrogens with two attached hydrogens (primary N) is 1. The van der Waals surface area contributed by atoms with Crippen molar-refractivity contribution in [2.45, 2.75) is 44.3 Å². The first kappa shape index (κ1) is 28.8. The maximum absolute atomic E-state index is 13.4. The Labute approximate surface area is 234 Å². The van der Waals surface area contributed by atoms with Gasteiger partial charge in [0.15, 0.2) is 0 Å². The topological polar surface area (TPSA) is 150 Å². The van der Waals surface area contributed by atoms with Gasteiger partial charge in [-0.05, 0) is 48.9 Å². The predicted molar refractivity (Wildman–Crippen MR) is 154 cm³/mol. The third-order valence-corrected chi connectivity index (χ3v) is 7.30. The molecule has 3 atom stereocenters. The van der Waals surface area contributed by atoms with E-state index in [0.29, 0.717) is 18.7 Å². The number of amidine groups is 1. The molecule has 2 aromatic rings. The fourth-order valence-corrected chi connectivity index (χ4v) is 4.60. The average Bonchev–Trinajstić information content (AvgIpc) is 3.79. The van der Waals surface area contributed by atoms with E-state index >= 15 is 0 Å². The molecule has 10 heteroatoms. The number of carbonyl (C=O) groups excluding carboxylic acids is 3. The van der Waals surface area contributed by atoms with Crippen LogP contribution in [-0.2, 0) is 20.8 Å². The van der Waals surface area contributed by atoms with Gasteiger partial charge in [-0.25, -0.2) is 0 Å². The molecular formula is C30H38N6O4. The van der Waals surface area contributed by atoms with Gasteiger partial charge in [0, 0.05) is 32.1 Å². The predicted octanol–water partition coefficient (Wildman–Crippen LogP) is 1.44. The van der Waals surface area contributed by atoms with Crippen LogP contribution in [0, 0.1) is 11.3 Å². The number of amides is 3. The summed E-state index contributed by atoms with van der Waals surface area (Å²) >= 11 is 0. The third kappa shape index (κ3) is 7.69. The van der Waals surface area contributed by atoms with Gasteiger partial charge < -0.3 is 31.3 Å². The van der Waals surface area contributed by atoms with Crippen molar-refractivity contribution in [3.8, 4) is 5.75 Å². The lowest BCUT2D eigenvalue weighted by Gasteiger charge is -2.30. The molecule has 0 saturated heterocycles. The lowest BCUT2D eigenvalue weighted by atomic mass is 10.0. The lowest BCUT2D eigenvalue weighted by Crippen LogP contribution is -2.56. The molecule has 0 unspecified atom stereocenters. The molecule has 0 spiro atoms. The van der Waals surface area contributed by atoms with Crippen molar-refractivity contribution >= 4 is 29.6 Å². The van der Waals surface area contributed by atoms with Crippen molar-refractivity contribution in [3.05, 3.63) is 71.3 Å². The number of fused-ring (bicyclic) bond motifs is 2. The first-order valence-electron chi connectivity index (χ1n) is 13.6. The Morgan fingerprint density at radius 3 is 2.55 bits per heavy atom. The second-order valence-electron chi connectivity index (χ2n) is 10.3. The van der Waals surface area contributed by atoms with Crippen LogP contribution in [-0.4, -0.2) is 73.3 Å². The first-order chi connectivity index (χ1) is 19.2. The highest BCUT2D eigenvalue weighted by atomic mass is 16.5. The molecule has 40 heavy (non-hydrogen) atoms. The van der Waals surface area contributed by atoms with Crippen molar-refractivity contribution in [1.82, 2.24) is 20.9 Å². The highest BCUT2D eigenvalue weighted by Gasteiger charge is 2.39. The number of carbonyl (C=O) groups is 3. The molecule has 2 bridgehead atoms. The van der Waals surface area contributed by atoms with Gasteiger partial charge in [-0.3, -0.25) is 19.8 Å². The van der Waals surface area contributed by atoms with Gasteiger partial charge in [0.05, 0.1) is 6.04 Å². The maximum Gasteiger partial charge on any atom is 0.243 e. The summed E-state index contributed by atoms with van der Waals surface area (Å²) in [5.41, 5.74) is 7.86. The largest absolute Gasteiger partial charge is 0.492 e. The number of hydrogen-bond acceptors (Lipinski definition) is 6. The number of nitrogens with zero attached hydrogens (tertiary/aromatic N) is 1. The monoisotopic (exact) mass is 546 g/mol. The van der Waals surface area contributed by atoms with Gasteiger partial charge in [-0.15, -0.1) is 0 Å². The van der Waals surface area contributed by atoms with Gasteiger partial charge in [-0.2, -0.15) is 0 Å². The van der Waals surface area contributed by atoms with Gasteiger partial charge in [0.25, 0.3) is 0 Å². The highest BCUT2D eigenvalue weighted by Crippen LogP contribution is 2.33. The molecule has 1 fully saturated rings. The SMILES string of the molecule is C[C@@H]1C(=O)N[C@H](Cc2ccc(C(=N)N)cc2)C(=O)NCC=Cc2cccc(c2)OCCN[C@@H](C2CC2)C(=O)N1C. The number of nitrogen functional groups attached to an aromatic ring is 1. The molecule has 1 saturated carbocycles. The van der Waals surface area contributed by atoms with E-state index in [1.807, 2.05) is 36.4 Å². The van der Waals surface area contributed by atoms with Crippen LogP contribution >= 0.6 is 0 Å². The van der Waals surface area contributed by atoms with E-state index in [1.165, 1.54) is 4.90 Å². The Balaban J connectivity index is 1.56. The van der Waals surface area contributed by atoms with Crippen LogP contribution in [0.3, 0.4) is 0 Å². The Morgan fingerprint density at radius 1 is 1.10 bits per heavy atom. The van der Waals surface area contributed by atoms with E-state index in [0.717, 1.165) is 29.7 Å². The molecule has 6 N–H and O–H groups in total. The average molecular weight is 547 g/mol. The number of nitrogens with one attached hydrogen (secondary N) is 4. The summed E-state index contributed by atoms with van der Waals surface area (Å²) in [6.45, 7) is 2.81. The van der Waals surface area contributed by atoms with E-state index in [2.05, 4.69) is 16.0 Å². The van der Waals surface area contributed by atoms with Crippen LogP contribution in [0.5, 0.6) is 5.75 Å². The molecule has 1 heterocycles. The maximum atomic E-state index is 13.4. The molecule has 1 aliphatic carbocycles. The van der Waals surface area contributed by atoms with Gasteiger partial charge in [0.1, 0.15) is 30.3 Å². The van der Waals surface area contributed by atoms with Crippen LogP contribution in [0.25, 0.3) is 6.08 Å². The summed E-state index contributed by atoms with van der Waals surface area (Å²) in [6, 6.07) is 12.6. The minimum Gasteiger partial charge on any atom is -0.492 e. The normalized spacial score (nSPS) is 23.2. The van der Waals surface area contributed by atoms with Gasteiger partial charge in [-0.1, -0.05) is 48.6 Å². The Morgan fingerprint density at radius 2 is 1.85 bits per heavy atom. The van der Waals surface area contributed by atoms with Crippen LogP contribution in [0.4, 0.5) is 0 Å². The molecule has 4 rings (SSSR count). The minimum atomic E-state index is -0.869. The number of benzene rings is 2. The van der Waals surface area contributed by atoms with Crippen LogP contribution in [0.15, 0.2) is 54.6 Å². The number of likely N-dealkylation sites (N-methyl/N-ethyl adjacent to an activating group) is 1. The van der Waals surface area contributed by atoms with E-state index in [4.69, 9.17) is 15.9 Å². The van der Waals surface area contributed by atoms with Crippen molar-refractivity contribution in [1.29, 1.82) is 5.41 Å². The standard InChI is InChI=1S/C30H38N6O4/c1-19-28(37)35-25(18-21-8-10-23(11-9-21)27(31)32)29(38)34-14-4-6-20-5-3-7-24(17-20)40-16-15-33-26(22-12-13-22)30(39)36(19)2/h3-11,17,19,22,25-26,33H,12-16,18H2,1-2H3,(H3,31,32)(H,34,38)(H,35,37)/t19-,25-,26+/m1/s1. The molecule has 212 valence electrons. The zero-order valence-corrected chi connectivity index (χ0v) is 23.0. The van der Waals surface area contributed by atoms with Crippen molar-refractivity contribution in [2.75, 3.05) is 26.7 Å². The van der Waals surface area contributed by atoms with Crippen LogP contribution < -0.4 is 26.4 Å². The van der Waals surface area contributed by atoms with E-state index in [1.54, 1.807) is 38.2 Å². The molecule has 1 aliphatic heterocycles. The summed E-state index contributed by atoms with van der Waals surface area (Å²) in [7, 11) is 1.62. The Kier molecular flexibility index (Phi) is 9.55. The molecular weight excluding hydrogens is 508 g/mol. The van der Waals surface area contributed by atoms with Crippen molar-refractivity contribution in [3.63, 3.8) is 0 Å². The zero-order valence-electron chi connectivity index (χ0n) is 23.0. The zero-order chi connectivity index (χ0) is 28.6.